The van der Waals surface area contributed by atoms with E-state index in [1.165, 1.54) is 15.6 Å². The highest BCUT2D eigenvalue weighted by Crippen LogP contribution is 2.24. The van der Waals surface area contributed by atoms with Crippen LogP contribution in [0.2, 0.25) is 0 Å². The van der Waals surface area contributed by atoms with Crippen molar-refractivity contribution in [2.24, 2.45) is 0 Å². The molecule has 0 radical (unpaired) electrons. The molecule has 0 amide bonds. The highest BCUT2D eigenvalue weighted by Gasteiger charge is 2.21. The first-order valence-electron chi connectivity index (χ1n) is 5.90. The summed E-state index contributed by atoms with van der Waals surface area (Å²) in [5, 5.41) is 4.91. The standard InChI is InChI=1S/C13H15BrN2O2S2/c1-15-11-3-5-13(6-4-11)20(17,18)16(2)8-12-7-10(14)9-19-12/h3-7,9,15H,8H2,1-2H3. The first kappa shape index (κ1) is 15.5. The normalized spacial score (nSPS) is 11.8. The Balaban J connectivity index is 2.19. The Labute approximate surface area is 131 Å². The fourth-order valence-corrected chi connectivity index (χ4v) is 4.45. The van der Waals surface area contributed by atoms with Gasteiger partial charge in [0.15, 0.2) is 0 Å². The van der Waals surface area contributed by atoms with Crippen LogP contribution in [0.4, 0.5) is 5.69 Å². The van der Waals surface area contributed by atoms with Crippen molar-refractivity contribution in [3.8, 4) is 0 Å². The number of benzene rings is 1. The fourth-order valence-electron chi connectivity index (χ4n) is 1.71. The van der Waals surface area contributed by atoms with Crippen molar-refractivity contribution in [2.45, 2.75) is 11.4 Å². The first-order valence-corrected chi connectivity index (χ1v) is 9.02. The molecule has 0 saturated heterocycles. The number of nitrogens with zero attached hydrogens (tertiary/aromatic N) is 1. The molecule has 1 aromatic heterocycles. The maximum absolute atomic E-state index is 12.4. The van der Waals surface area contributed by atoms with Crippen LogP contribution in [0.15, 0.2) is 45.1 Å². The predicted octanol–water partition coefficient (Wildman–Crippen LogP) is 3.37. The quantitative estimate of drug-likeness (QED) is 0.872. The van der Waals surface area contributed by atoms with E-state index in [2.05, 4.69) is 21.2 Å². The first-order chi connectivity index (χ1) is 9.43. The van der Waals surface area contributed by atoms with Crippen molar-refractivity contribution < 1.29 is 8.42 Å². The molecular weight excluding hydrogens is 360 g/mol. The SMILES string of the molecule is CNc1ccc(S(=O)(=O)N(C)Cc2cc(Br)cs2)cc1. The van der Waals surface area contributed by atoms with Gasteiger partial charge >= 0.3 is 0 Å². The second-order valence-electron chi connectivity index (χ2n) is 4.27. The molecule has 0 unspecified atom stereocenters. The maximum atomic E-state index is 12.4. The van der Waals surface area contributed by atoms with Crippen LogP contribution in [0.3, 0.4) is 0 Å². The minimum Gasteiger partial charge on any atom is -0.388 e. The van der Waals surface area contributed by atoms with Gasteiger partial charge in [-0.15, -0.1) is 11.3 Å². The summed E-state index contributed by atoms with van der Waals surface area (Å²) < 4.78 is 27.2. The lowest BCUT2D eigenvalue weighted by molar-refractivity contribution is 0.469. The van der Waals surface area contributed by atoms with Gasteiger partial charge in [0.2, 0.25) is 10.0 Å². The molecule has 4 nitrogen and oxygen atoms in total. The third-order valence-corrected chi connectivity index (χ3v) is 6.35. The van der Waals surface area contributed by atoms with Gasteiger partial charge in [-0.2, -0.15) is 4.31 Å². The molecule has 1 heterocycles. The van der Waals surface area contributed by atoms with Gasteiger partial charge in [0.25, 0.3) is 0 Å². The molecule has 7 heteroatoms. The van der Waals surface area contributed by atoms with Gasteiger partial charge in [-0.1, -0.05) is 0 Å². The Kier molecular flexibility index (Phi) is 4.85. The van der Waals surface area contributed by atoms with E-state index in [4.69, 9.17) is 0 Å². The van der Waals surface area contributed by atoms with Gasteiger partial charge in [0.1, 0.15) is 0 Å². The molecule has 1 N–H and O–H groups in total. The minimum atomic E-state index is -3.46. The van der Waals surface area contributed by atoms with Gasteiger partial charge in [-0.05, 0) is 46.3 Å². The second-order valence-corrected chi connectivity index (χ2v) is 8.22. The molecule has 0 saturated carbocycles. The fraction of sp³-hybridized carbons (Fsp3) is 0.231. The summed E-state index contributed by atoms with van der Waals surface area (Å²) in [7, 11) is -0.0679. The number of thiophene rings is 1. The highest BCUT2D eigenvalue weighted by atomic mass is 79.9. The van der Waals surface area contributed by atoms with Crippen molar-refractivity contribution in [3.05, 3.63) is 45.1 Å². The Morgan fingerprint density at radius 1 is 1.30 bits per heavy atom. The van der Waals surface area contributed by atoms with E-state index in [0.29, 0.717) is 11.4 Å². The Hall–Kier alpha value is -0.890. The predicted molar refractivity (Wildman–Crippen MR) is 86.7 cm³/mol. The van der Waals surface area contributed by atoms with E-state index in [1.807, 2.05) is 11.4 Å². The average Bonchev–Trinajstić information content (AvgIpc) is 2.84. The lowest BCUT2D eigenvalue weighted by atomic mass is 10.3. The maximum Gasteiger partial charge on any atom is 0.243 e. The summed E-state index contributed by atoms with van der Waals surface area (Å²) in [6.07, 6.45) is 0. The number of anilines is 1. The number of halogens is 1. The number of hydrogen-bond acceptors (Lipinski definition) is 4. The molecule has 0 aliphatic rings. The molecule has 0 aliphatic carbocycles. The number of nitrogens with one attached hydrogen (secondary N) is 1. The lowest BCUT2D eigenvalue weighted by Gasteiger charge is -2.16. The number of sulfonamides is 1. The third kappa shape index (κ3) is 3.41. The van der Waals surface area contributed by atoms with Gasteiger partial charge in [-0.3, -0.25) is 0 Å². The van der Waals surface area contributed by atoms with Crippen LogP contribution in [0.5, 0.6) is 0 Å². The number of hydrogen-bond donors (Lipinski definition) is 1. The van der Waals surface area contributed by atoms with Crippen molar-refractivity contribution >= 4 is 43.0 Å². The van der Waals surface area contributed by atoms with Crippen LogP contribution in [0, 0.1) is 0 Å². The summed E-state index contributed by atoms with van der Waals surface area (Å²) in [6.45, 7) is 0.367. The van der Waals surface area contributed by atoms with E-state index >= 15 is 0 Å². The minimum absolute atomic E-state index is 0.301. The molecule has 0 fully saturated rings. The van der Waals surface area contributed by atoms with Crippen LogP contribution in [-0.2, 0) is 16.6 Å². The Morgan fingerprint density at radius 3 is 2.45 bits per heavy atom. The summed E-state index contributed by atoms with van der Waals surface area (Å²) >= 11 is 4.90. The van der Waals surface area contributed by atoms with Crippen LogP contribution >= 0.6 is 27.3 Å². The molecule has 0 atom stereocenters. The van der Waals surface area contributed by atoms with E-state index in [-0.39, 0.29) is 0 Å². The molecule has 0 bridgehead atoms. The molecule has 0 aliphatic heterocycles. The zero-order valence-corrected chi connectivity index (χ0v) is 14.3. The molecule has 20 heavy (non-hydrogen) atoms. The Morgan fingerprint density at radius 2 is 1.95 bits per heavy atom. The van der Waals surface area contributed by atoms with Crippen molar-refractivity contribution in [1.29, 1.82) is 0 Å². The zero-order valence-electron chi connectivity index (χ0n) is 11.1. The molecular formula is C13H15BrN2O2S2. The molecule has 0 spiro atoms. The van der Waals surface area contributed by atoms with Gasteiger partial charge in [-0.25, -0.2) is 8.42 Å². The monoisotopic (exact) mass is 374 g/mol. The van der Waals surface area contributed by atoms with Gasteiger partial charge in [0.05, 0.1) is 4.90 Å². The topological polar surface area (TPSA) is 49.4 Å². The molecule has 2 aromatic rings. The third-order valence-electron chi connectivity index (χ3n) is 2.85. The van der Waals surface area contributed by atoms with Crippen molar-refractivity contribution in [3.63, 3.8) is 0 Å². The van der Waals surface area contributed by atoms with E-state index in [0.717, 1.165) is 15.0 Å². The summed E-state index contributed by atoms with van der Waals surface area (Å²) in [5.41, 5.74) is 0.883. The molecule has 2 rings (SSSR count). The van der Waals surface area contributed by atoms with Crippen LogP contribution in [0.1, 0.15) is 4.88 Å². The van der Waals surface area contributed by atoms with Crippen molar-refractivity contribution in [1.82, 2.24) is 4.31 Å². The zero-order chi connectivity index (χ0) is 14.8. The van der Waals surface area contributed by atoms with E-state index in [9.17, 15) is 8.42 Å². The molecule has 108 valence electrons. The van der Waals surface area contributed by atoms with Gasteiger partial charge in [0, 0.05) is 41.1 Å². The number of rotatable bonds is 5. The van der Waals surface area contributed by atoms with Crippen LogP contribution in [-0.4, -0.2) is 26.8 Å². The Bertz CT molecular complexity index is 681. The largest absolute Gasteiger partial charge is 0.388 e. The van der Waals surface area contributed by atoms with Crippen molar-refractivity contribution in [2.75, 3.05) is 19.4 Å². The van der Waals surface area contributed by atoms with Gasteiger partial charge < -0.3 is 5.32 Å². The average molecular weight is 375 g/mol. The highest BCUT2D eigenvalue weighted by molar-refractivity contribution is 9.10. The summed E-state index contributed by atoms with van der Waals surface area (Å²) in [4.78, 5) is 1.30. The van der Waals surface area contributed by atoms with E-state index in [1.54, 1.807) is 38.4 Å². The van der Waals surface area contributed by atoms with Crippen LogP contribution in [0.25, 0.3) is 0 Å². The second kappa shape index (κ2) is 6.26. The summed E-state index contributed by atoms with van der Waals surface area (Å²) in [5.74, 6) is 0. The summed E-state index contributed by atoms with van der Waals surface area (Å²) in [6, 6.07) is 8.66. The van der Waals surface area contributed by atoms with Crippen LogP contribution < -0.4 is 5.32 Å². The lowest BCUT2D eigenvalue weighted by Crippen LogP contribution is -2.26. The van der Waals surface area contributed by atoms with E-state index < -0.39 is 10.0 Å². The molecule has 1 aromatic carbocycles. The smallest absolute Gasteiger partial charge is 0.243 e.